The zero-order chi connectivity index (χ0) is 143. The molecule has 0 aliphatic rings. The smallest absolute Gasteiger partial charge is 0.127 e. The van der Waals surface area contributed by atoms with Crippen LogP contribution in [0.15, 0.2) is 212 Å². The van der Waals surface area contributed by atoms with E-state index in [9.17, 15) is 25.5 Å². The molecule has 0 amide bonds. The van der Waals surface area contributed by atoms with Crippen molar-refractivity contribution in [3.8, 4) is 28.7 Å². The molecule has 0 saturated heterocycles. The second kappa shape index (κ2) is 49.6. The Bertz CT molecular complexity index is 5450. The molecule has 0 aliphatic heterocycles. The number of aliphatic hydroxyl groups excluding tert-OH is 4. The Morgan fingerprint density at radius 3 is 0.940 bits per heavy atom. The topological polar surface area (TPSA) is 207 Å². The fourth-order valence-corrected chi connectivity index (χ4v) is 8.57. The normalized spacial score (nSPS) is 22.2. The third-order valence-electron chi connectivity index (χ3n) is 12.9. The first kappa shape index (κ1) is 32.6. The number of hydrogen-bond donors (Lipinski definition) is 10. The Morgan fingerprint density at radius 1 is 0.330 bits per heavy atom. The van der Waals surface area contributed by atoms with Gasteiger partial charge < -0.3 is 75.8 Å². The van der Waals surface area contributed by atoms with Crippen molar-refractivity contribution in [2.45, 2.75) is 166 Å². The van der Waals surface area contributed by atoms with E-state index < -0.39 is 188 Å². The van der Waals surface area contributed by atoms with Crippen molar-refractivity contribution in [3.05, 3.63) is 212 Å². The fraction of sp³-hybridized carbons (Fsp3) is 0.412. The molecular formula is C85H155N5O10. The van der Waals surface area contributed by atoms with E-state index >= 15 is 0 Å². The predicted octanol–water partition coefficient (Wildman–Crippen LogP) is 19.8. The van der Waals surface area contributed by atoms with Crippen molar-refractivity contribution in [1.29, 1.82) is 0 Å². The maximum atomic E-state index is 10.2. The van der Waals surface area contributed by atoms with Crippen LogP contribution in [-0.2, 0) is 0 Å². The molecule has 0 aromatic heterocycles. The van der Waals surface area contributed by atoms with E-state index in [4.69, 9.17) is 131 Å². The summed E-state index contributed by atoms with van der Waals surface area (Å²) >= 11 is 0. The minimum Gasteiger partial charge on any atom is -0.490 e. The fourth-order valence-electron chi connectivity index (χ4n) is 8.57. The summed E-state index contributed by atoms with van der Waals surface area (Å²) in [5.74, 6) is 1.92. The second-order valence-electron chi connectivity index (χ2n) is 20.2. The number of aliphatic hydroxyl groups is 5. The Morgan fingerprint density at radius 2 is 0.600 bits per heavy atom. The summed E-state index contributed by atoms with van der Waals surface area (Å²) in [6, 6.07) is 48.3. The molecule has 10 N–H and O–H groups in total. The number of nitrogens with one attached hydrogen (secondary N) is 5. The van der Waals surface area contributed by atoms with E-state index in [1.807, 2.05) is 125 Å². The molecule has 10 aromatic rings. The van der Waals surface area contributed by atoms with Crippen molar-refractivity contribution in [3.63, 3.8) is 0 Å². The number of ether oxygens (including phenoxy) is 5. The molecule has 0 bridgehead atoms. The van der Waals surface area contributed by atoms with Gasteiger partial charge in [0.25, 0.3) is 0 Å². The lowest BCUT2D eigenvalue weighted by Gasteiger charge is -2.15. The molecule has 10 rings (SSSR count). The van der Waals surface area contributed by atoms with Gasteiger partial charge in [0.05, 0.1) is 4.11 Å². The lowest BCUT2D eigenvalue weighted by atomic mass is 10.1. The molecular weight excluding hydrogens is 1250 g/mol. The third-order valence-corrected chi connectivity index (χ3v) is 12.9. The maximum Gasteiger partial charge on any atom is 0.127 e. The number of fused-ring (bicyclic) bond motifs is 5. The molecule has 0 fully saturated rings. The van der Waals surface area contributed by atoms with Crippen molar-refractivity contribution >= 4 is 53.9 Å². The van der Waals surface area contributed by atoms with Gasteiger partial charge in [0.1, 0.15) is 92.2 Å². The predicted molar refractivity (Wildman–Crippen MR) is 458 cm³/mol. The summed E-state index contributed by atoms with van der Waals surface area (Å²) in [4.78, 5) is 0. The average molecular weight is 1480 g/mol. The van der Waals surface area contributed by atoms with Crippen LogP contribution in [0, 0.1) is 0 Å². The largest absolute Gasteiger partial charge is 0.490 e. The molecule has 10 aromatic carbocycles. The van der Waals surface area contributed by atoms with Crippen LogP contribution in [0.3, 0.4) is 0 Å². The Labute approximate surface area is 711 Å². The second-order valence-corrected chi connectivity index (χ2v) is 20.2. The van der Waals surface area contributed by atoms with Crippen LogP contribution in [0.2, 0.25) is 0 Å². The van der Waals surface area contributed by atoms with Crippen LogP contribution >= 0.6 is 0 Å². The van der Waals surface area contributed by atoms with Crippen LogP contribution in [0.1, 0.15) is 213 Å². The van der Waals surface area contributed by atoms with Crippen molar-refractivity contribution in [2.75, 3.05) is 65.6 Å². The van der Waals surface area contributed by atoms with Gasteiger partial charge in [-0.05, 0) is 57.3 Å². The highest BCUT2D eigenvalue weighted by Crippen LogP contribution is 2.29. The molecule has 15 heteroatoms. The van der Waals surface area contributed by atoms with E-state index in [0.29, 0.717) is 28.4 Å². The summed E-state index contributed by atoms with van der Waals surface area (Å²) in [7, 11) is 6.25. The zero-order valence-corrected chi connectivity index (χ0v) is 56.3. The average Bonchev–Trinajstić information content (AvgIpc) is 0.750. The maximum absolute atomic E-state index is 10.2. The van der Waals surface area contributed by atoms with Gasteiger partial charge in [0.2, 0.25) is 0 Å². The molecule has 5 unspecified atom stereocenters. The minimum atomic E-state index is -3.37. The van der Waals surface area contributed by atoms with E-state index in [-0.39, 0.29) is 12.4 Å². The summed E-state index contributed by atoms with van der Waals surface area (Å²) in [6.07, 6.45) is -9.23. The summed E-state index contributed by atoms with van der Waals surface area (Å²) in [6.45, 7) is -43.9. The number of benzene rings is 10. The van der Waals surface area contributed by atoms with Gasteiger partial charge in [-0.2, -0.15) is 0 Å². The van der Waals surface area contributed by atoms with E-state index in [0.717, 1.165) is 48.5 Å². The third kappa shape index (κ3) is 33.1. The molecule has 0 spiro atoms. The van der Waals surface area contributed by atoms with Crippen LogP contribution in [-0.4, -0.2) is 152 Å². The van der Waals surface area contributed by atoms with Crippen LogP contribution < -0.4 is 50.3 Å². The first-order valence-electron chi connectivity index (χ1n) is 69.8. The van der Waals surface area contributed by atoms with Crippen LogP contribution in [0.25, 0.3) is 53.9 Å². The standard InChI is InChI=1S/5C16H21NO2.5CH4.15H2/c5*1-12(2)17-10-14(18)11-19-16-9-5-7-13-6-3-4-8-15(13)16;;;;;;;;;;;;;;;;;;;;/h5*3-9,12,14,17-18H,10-11H2,1-2H3;5*1H4;15*1H/i1D3,2D3,12D,14D;1D3,2D3,11D2,12D;1D3,2D3,10D2,12D;1D3,2D3,12D;1D3,2D3,10D2;5*1D;15*1+1D. The molecule has 0 saturated carbocycles. The number of hydrogen-bond acceptors (Lipinski definition) is 15. The van der Waals surface area contributed by atoms with Gasteiger partial charge in [0, 0.05) is 193 Å². The van der Waals surface area contributed by atoms with E-state index in [1.165, 1.54) is 43.1 Å². The first-order valence-corrected chi connectivity index (χ1v) is 29.3. The SMILES string of the molecule is [2H]C.[2H]C.[2H]C.[2H]C.[2H]C.[2H]C(O)(CNC([2H])(C([2H])([2H])[2H])C([2H])([2H])[2H])COc1cccc2ccccc12.[2H]C([2H])(NC([2H])(C([2H])([2H])[2H])C([2H])([2H])[2H])C(O)COc1cccc2ccccc12.[2H]C([2H])(Oc1cccc2ccccc12)C(O)CNC([2H])(C([2H])([2H])[2H])C([2H])([2H])[2H].[2H]C([2H])([2H])C(NC([2H])([2H])C(O)COc1cccc2ccccc12)C([2H])([2H])[2H].[2H]C([2H])([2H])C([2H])(NCC(O)COc1cccc2ccccc12)C([2H])([2H])[2H].[2H][2H].[2H][2H].[2H][2H].[2H][2H].[2H][2H].[2H][2H].[2H][2H].[2H][2H].[2H][2H].[2H][2H].[2H][2H].[2H][2H].[2H][2H].[2H][2H].[2H][2H]. The highest BCUT2D eigenvalue weighted by molar-refractivity contribution is 5.91. The monoisotopic (exact) mass is 1480 g/mol. The summed E-state index contributed by atoms with van der Waals surface area (Å²) in [5, 5.41) is 68.6. The van der Waals surface area contributed by atoms with Gasteiger partial charge >= 0.3 is 0 Å². The zero-order valence-electron chi connectivity index (χ0n) is 132. The first-order chi connectivity index (χ1) is 81.9. The number of rotatable bonds is 30. The van der Waals surface area contributed by atoms with Crippen LogP contribution in [0.5, 0.6) is 28.7 Å². The highest BCUT2D eigenvalue weighted by atomic mass is 16.5. The molecule has 580 valence electrons. The lowest BCUT2D eigenvalue weighted by molar-refractivity contribution is 0.105. The quantitative estimate of drug-likeness (QED) is 0.0203. The Balaban J connectivity index is -0.000000132. The van der Waals surface area contributed by atoms with Crippen LogP contribution in [0.4, 0.5) is 0 Å². The van der Waals surface area contributed by atoms with E-state index in [1.54, 1.807) is 102 Å². The van der Waals surface area contributed by atoms with Crippen molar-refractivity contribution in [2.24, 2.45) is 0 Å². The molecule has 0 heterocycles. The minimum absolute atomic E-state index is 0.158. The van der Waals surface area contributed by atoms with Crippen molar-refractivity contribution < 1.29 is 157 Å². The van der Waals surface area contributed by atoms with Crippen molar-refractivity contribution in [1.82, 2.24) is 26.6 Å². The van der Waals surface area contributed by atoms with Gasteiger partial charge in [-0.15, -0.1) is 0 Å². The lowest BCUT2D eigenvalue weighted by Crippen LogP contribution is -2.35. The molecule has 5 atom stereocenters. The van der Waals surface area contributed by atoms with Gasteiger partial charge in [-0.25, -0.2) is 0 Å². The molecule has 0 radical (unpaired) electrons. The highest BCUT2D eigenvalue weighted by Gasteiger charge is 2.13. The van der Waals surface area contributed by atoms with Gasteiger partial charge in [0.15, 0.2) is 0 Å². The van der Waals surface area contributed by atoms with Gasteiger partial charge in [-0.1, -0.05) is 288 Å². The molecule has 100 heavy (non-hydrogen) atoms. The summed E-state index contributed by atoms with van der Waals surface area (Å²) in [5.41, 5.74) is 0. The summed E-state index contributed by atoms with van der Waals surface area (Å²) < 4.78 is 513. The molecule has 0 aliphatic carbocycles. The van der Waals surface area contributed by atoms with Gasteiger partial charge in [-0.3, -0.25) is 0 Å². The Hall–Kier alpha value is -7.90. The molecule has 15 nitrogen and oxygen atoms in total. The van der Waals surface area contributed by atoms with E-state index in [2.05, 4.69) is 5.32 Å². The Kier molecular flexibility index (Phi) is 16.2.